The molecule has 2 amide bonds. The number of amides is 2. The van der Waals surface area contributed by atoms with Crippen LogP contribution in [0.4, 0.5) is 10.5 Å². The van der Waals surface area contributed by atoms with E-state index in [1.165, 1.54) is 38.5 Å². The Morgan fingerprint density at radius 1 is 1.19 bits per heavy atom. The first-order valence-corrected chi connectivity index (χ1v) is 17.3. The molecule has 0 aliphatic carbocycles. The van der Waals surface area contributed by atoms with Crippen LogP contribution in [0.5, 0.6) is 11.5 Å². The summed E-state index contributed by atoms with van der Waals surface area (Å²) >= 11 is 6.87. The Morgan fingerprint density at radius 2 is 1.94 bits per heavy atom. The molecule has 4 aromatic rings. The number of halogens is 1. The Balaban J connectivity index is 1.46. The van der Waals surface area contributed by atoms with Crippen LogP contribution in [0.15, 0.2) is 34.7 Å². The maximum absolute atomic E-state index is 13.9. The molecule has 0 spiro atoms. The fourth-order valence-electron chi connectivity index (χ4n) is 5.42. The van der Waals surface area contributed by atoms with Crippen LogP contribution in [0.3, 0.4) is 0 Å². The van der Waals surface area contributed by atoms with Crippen molar-refractivity contribution in [1.82, 2.24) is 9.88 Å². The number of fused-ring (bicyclic) bond motifs is 4. The molecule has 0 saturated carbocycles. The number of carboxylic acids is 1. The number of aromatic amines is 1. The largest absolute Gasteiger partial charge is 0.497 e. The van der Waals surface area contributed by atoms with Gasteiger partial charge >= 0.3 is 18.0 Å². The predicted octanol–water partition coefficient (Wildman–Crippen LogP) is 7.02. The summed E-state index contributed by atoms with van der Waals surface area (Å²) < 4.78 is 21.6. The first-order chi connectivity index (χ1) is 22.2. The fraction of sp³-hybridized carbons (Fsp3) is 0.375. The van der Waals surface area contributed by atoms with E-state index in [1.54, 1.807) is 51.4 Å². The van der Waals surface area contributed by atoms with Gasteiger partial charge in [0.15, 0.2) is 11.5 Å². The van der Waals surface area contributed by atoms with Crippen molar-refractivity contribution in [2.45, 2.75) is 37.3 Å². The number of carbonyl (C=O) groups excluding carboxylic acids is 3. The first-order valence-electron chi connectivity index (χ1n) is 14.5. The quantitative estimate of drug-likeness (QED) is 0.0717. The summed E-state index contributed by atoms with van der Waals surface area (Å²) in [6.45, 7) is 5.78. The van der Waals surface area contributed by atoms with Crippen molar-refractivity contribution in [3.05, 3.63) is 52.9 Å². The topological polar surface area (TPSA) is 152 Å². The zero-order valence-corrected chi connectivity index (χ0v) is 29.0. The van der Waals surface area contributed by atoms with Crippen molar-refractivity contribution >= 4 is 84.7 Å². The lowest BCUT2D eigenvalue weighted by molar-refractivity contribution is -0.137. The van der Waals surface area contributed by atoms with Crippen molar-refractivity contribution < 1.29 is 42.9 Å². The summed E-state index contributed by atoms with van der Waals surface area (Å²) in [4.78, 5) is 57.3. The van der Waals surface area contributed by atoms with Crippen LogP contribution >= 0.6 is 33.2 Å². The number of H-pyrrole nitrogens is 1. The molecule has 3 heterocycles. The highest BCUT2D eigenvalue weighted by molar-refractivity contribution is 8.77. The predicted molar refractivity (Wildman–Crippen MR) is 182 cm³/mol. The zero-order valence-electron chi connectivity index (χ0n) is 26.6. The lowest BCUT2D eigenvalue weighted by Gasteiger charge is -2.22. The van der Waals surface area contributed by atoms with E-state index in [2.05, 4.69) is 4.98 Å². The number of esters is 1. The number of carbonyl (C=O) groups is 4. The molecule has 1 aliphatic heterocycles. The van der Waals surface area contributed by atoms with Gasteiger partial charge in [-0.3, -0.25) is 9.59 Å². The molecule has 0 fully saturated rings. The van der Waals surface area contributed by atoms with Gasteiger partial charge in [-0.05, 0) is 45.0 Å². The minimum Gasteiger partial charge on any atom is -0.497 e. The minimum atomic E-state index is -0.877. The van der Waals surface area contributed by atoms with E-state index in [9.17, 15) is 19.2 Å². The van der Waals surface area contributed by atoms with Crippen LogP contribution in [-0.4, -0.2) is 83.8 Å². The standard InChI is InChI=1S/C32H34ClN3O9S2/c1-16-25(30(40)43-6)27-26-19(33)15-36(29(39)23-12-17-11-18(42-5)7-8-21(17)44-23)20(26)13-22(28(27)34-16)45-31(41)35(4)9-10-46-47-32(2,3)14-24(37)38/h7-8,11-13,19,34H,9-10,14-15H2,1-6H3,(H,37,38)/t19-/m1/s1. The number of methoxy groups -OCH3 is 2. The van der Waals surface area contributed by atoms with Gasteiger partial charge in [0.05, 0.1) is 42.8 Å². The molecule has 0 saturated heterocycles. The number of anilines is 1. The Kier molecular flexibility index (Phi) is 9.94. The number of hydrogen-bond donors (Lipinski definition) is 2. The highest BCUT2D eigenvalue weighted by Gasteiger charge is 2.38. The summed E-state index contributed by atoms with van der Waals surface area (Å²) in [6, 6.07) is 8.38. The Bertz CT molecular complexity index is 1890. The summed E-state index contributed by atoms with van der Waals surface area (Å²) in [5, 5.41) is 9.49. The van der Waals surface area contributed by atoms with Gasteiger partial charge in [0, 0.05) is 58.7 Å². The van der Waals surface area contributed by atoms with E-state index in [0.717, 1.165) is 0 Å². The number of alkyl halides is 1. The van der Waals surface area contributed by atoms with Crippen molar-refractivity contribution in [2.75, 3.05) is 45.0 Å². The van der Waals surface area contributed by atoms with Gasteiger partial charge in [-0.25, -0.2) is 9.59 Å². The van der Waals surface area contributed by atoms with Gasteiger partial charge in [0.25, 0.3) is 5.91 Å². The number of carboxylic acid groups (broad SMARTS) is 1. The highest BCUT2D eigenvalue weighted by atomic mass is 35.5. The number of hydrogen-bond acceptors (Lipinski definition) is 10. The van der Waals surface area contributed by atoms with Crippen LogP contribution < -0.4 is 14.4 Å². The van der Waals surface area contributed by atoms with Crippen LogP contribution in [-0.2, 0) is 9.53 Å². The SMILES string of the molecule is COC(=O)c1c(C)[nH]c2c(OC(=O)N(C)CCSSC(C)(C)CC(=O)O)cc3c(c12)[C@H](Cl)CN3C(=O)c1cc2cc(OC)ccc2o1. The number of aromatic nitrogens is 1. The second kappa shape index (κ2) is 13.6. The van der Waals surface area contributed by atoms with E-state index in [1.807, 2.05) is 13.8 Å². The van der Waals surface area contributed by atoms with Crippen LogP contribution in [0.2, 0.25) is 0 Å². The number of ether oxygens (including phenoxy) is 3. The second-order valence-electron chi connectivity index (χ2n) is 11.6. The molecule has 0 radical (unpaired) electrons. The number of aryl methyl sites for hydroxylation is 1. The van der Waals surface area contributed by atoms with Crippen molar-refractivity contribution in [3.63, 3.8) is 0 Å². The summed E-state index contributed by atoms with van der Waals surface area (Å²) in [7, 11) is 7.30. The maximum atomic E-state index is 13.9. The Morgan fingerprint density at radius 3 is 2.62 bits per heavy atom. The fourth-order valence-corrected chi connectivity index (χ4v) is 8.32. The molecular weight excluding hydrogens is 670 g/mol. The molecule has 47 heavy (non-hydrogen) atoms. The molecule has 0 bridgehead atoms. The van der Waals surface area contributed by atoms with Crippen LogP contribution in [0.1, 0.15) is 57.8 Å². The lowest BCUT2D eigenvalue weighted by Crippen LogP contribution is -2.32. The highest BCUT2D eigenvalue weighted by Crippen LogP contribution is 2.49. The van der Waals surface area contributed by atoms with Gasteiger partial charge in [-0.1, -0.05) is 21.6 Å². The molecular formula is C32H34ClN3O9S2. The number of aliphatic carboxylic acids is 1. The van der Waals surface area contributed by atoms with E-state index < -0.39 is 34.1 Å². The van der Waals surface area contributed by atoms with Crippen molar-refractivity contribution in [3.8, 4) is 11.5 Å². The molecule has 5 rings (SSSR count). The third-order valence-electron chi connectivity index (χ3n) is 7.64. The Hall–Kier alpha value is -4.01. The Labute approximate surface area is 283 Å². The van der Waals surface area contributed by atoms with E-state index in [0.29, 0.717) is 56.9 Å². The van der Waals surface area contributed by atoms with Gasteiger partial charge in [0.2, 0.25) is 0 Å². The molecule has 1 atom stereocenters. The number of furan rings is 1. The van der Waals surface area contributed by atoms with Crippen molar-refractivity contribution in [2.24, 2.45) is 0 Å². The second-order valence-corrected chi connectivity index (χ2v) is 15.2. The lowest BCUT2D eigenvalue weighted by atomic mass is 10.0. The van der Waals surface area contributed by atoms with Gasteiger partial charge in [-0.2, -0.15) is 0 Å². The zero-order chi connectivity index (χ0) is 34.2. The van der Waals surface area contributed by atoms with E-state index >= 15 is 0 Å². The first kappa shape index (κ1) is 34.3. The third kappa shape index (κ3) is 6.99. The molecule has 1 aliphatic rings. The number of nitrogens with one attached hydrogen (secondary N) is 1. The average molecular weight is 704 g/mol. The molecule has 250 valence electrons. The summed E-state index contributed by atoms with van der Waals surface area (Å²) in [5.74, 6) is -0.659. The molecule has 2 N–H and O–H groups in total. The van der Waals surface area contributed by atoms with Gasteiger partial charge < -0.3 is 38.5 Å². The third-order valence-corrected chi connectivity index (χ3v) is 11.3. The van der Waals surface area contributed by atoms with Gasteiger partial charge in [-0.15, -0.1) is 11.6 Å². The molecule has 15 heteroatoms. The maximum Gasteiger partial charge on any atom is 0.415 e. The molecule has 2 aromatic carbocycles. The van der Waals surface area contributed by atoms with Crippen LogP contribution in [0.25, 0.3) is 21.9 Å². The normalized spacial score (nSPS) is 14.4. The van der Waals surface area contributed by atoms with E-state index in [-0.39, 0.29) is 30.0 Å². The minimum absolute atomic E-state index is 0.00771. The summed E-state index contributed by atoms with van der Waals surface area (Å²) in [5.41, 5.74) is 2.44. The van der Waals surface area contributed by atoms with E-state index in [4.69, 9.17) is 35.3 Å². The number of rotatable bonds is 11. The summed E-state index contributed by atoms with van der Waals surface area (Å²) in [6.07, 6.45) is -0.661. The van der Waals surface area contributed by atoms with Gasteiger partial charge in [0.1, 0.15) is 11.3 Å². The monoisotopic (exact) mass is 703 g/mol. The average Bonchev–Trinajstić information content (AvgIpc) is 3.70. The number of benzene rings is 2. The van der Waals surface area contributed by atoms with Crippen molar-refractivity contribution in [1.29, 1.82) is 0 Å². The molecule has 12 nitrogen and oxygen atoms in total. The number of nitrogens with zero attached hydrogens (tertiary/aromatic N) is 2. The molecule has 2 aromatic heterocycles. The molecule has 0 unspecified atom stereocenters. The van der Waals surface area contributed by atoms with Crippen LogP contribution in [0, 0.1) is 6.92 Å². The smallest absolute Gasteiger partial charge is 0.415 e.